The number of aromatic nitrogens is 2. The second-order valence-corrected chi connectivity index (χ2v) is 7.93. The van der Waals surface area contributed by atoms with Crippen molar-refractivity contribution in [3.05, 3.63) is 76.0 Å². The quantitative estimate of drug-likeness (QED) is 0.541. The minimum atomic E-state index is -4.67. The Morgan fingerprint density at radius 3 is 2.34 bits per heavy atom. The van der Waals surface area contributed by atoms with E-state index in [4.69, 9.17) is 5.11 Å². The lowest BCUT2D eigenvalue weighted by Gasteiger charge is -2.15. The predicted octanol–water partition coefficient (Wildman–Crippen LogP) is 5.53. The van der Waals surface area contributed by atoms with Crippen molar-refractivity contribution < 1.29 is 27.9 Å². The van der Waals surface area contributed by atoms with Crippen molar-refractivity contribution in [1.82, 2.24) is 9.78 Å². The second kappa shape index (κ2) is 8.26. The van der Waals surface area contributed by atoms with E-state index in [2.05, 4.69) is 5.10 Å². The third kappa shape index (κ3) is 3.92. The first-order valence-electron chi connectivity index (χ1n) is 10.3. The molecule has 2 aromatic carbocycles. The standard InChI is InChI=1S/C24H21F3N2O3/c1-14-6-5-8-18(24(25,26)27)20(14)22(30)29-19-9-4-2-3-7-17(19)21(28-29)15-10-12-16(13-11-15)23(31)32/h5-6,8,10-13H,2-4,7,9H2,1H3,(H,31,32). The SMILES string of the molecule is Cc1cccc(C(F)(F)F)c1C(=O)n1nc(-c2ccc(C(=O)O)cc2)c2c1CCCCC2. The summed E-state index contributed by atoms with van der Waals surface area (Å²) in [7, 11) is 0. The van der Waals surface area contributed by atoms with Gasteiger partial charge in [-0.3, -0.25) is 4.79 Å². The first-order chi connectivity index (χ1) is 15.2. The largest absolute Gasteiger partial charge is 0.478 e. The van der Waals surface area contributed by atoms with Gasteiger partial charge in [0.25, 0.3) is 5.91 Å². The van der Waals surface area contributed by atoms with Gasteiger partial charge < -0.3 is 5.11 Å². The zero-order chi connectivity index (χ0) is 23.0. The van der Waals surface area contributed by atoms with Crippen LogP contribution in [-0.2, 0) is 19.0 Å². The van der Waals surface area contributed by atoms with Crippen LogP contribution >= 0.6 is 0 Å². The van der Waals surface area contributed by atoms with Gasteiger partial charge in [-0.2, -0.15) is 23.0 Å². The van der Waals surface area contributed by atoms with E-state index in [1.165, 1.54) is 31.2 Å². The Bertz CT molecular complexity index is 1190. The molecule has 0 saturated carbocycles. The van der Waals surface area contributed by atoms with E-state index in [0.717, 1.165) is 35.6 Å². The molecule has 0 unspecified atom stereocenters. The number of hydrogen-bond acceptors (Lipinski definition) is 3. The molecule has 0 radical (unpaired) electrons. The molecule has 3 aromatic rings. The average Bonchev–Trinajstić information content (AvgIpc) is 2.93. The van der Waals surface area contributed by atoms with Crippen LogP contribution in [0.4, 0.5) is 13.2 Å². The summed E-state index contributed by atoms with van der Waals surface area (Å²) < 4.78 is 42.1. The maximum absolute atomic E-state index is 13.7. The number of carbonyl (C=O) groups is 2. The van der Waals surface area contributed by atoms with Gasteiger partial charge in [-0.15, -0.1) is 0 Å². The third-order valence-electron chi connectivity index (χ3n) is 5.82. The molecule has 0 saturated heterocycles. The van der Waals surface area contributed by atoms with Crippen LogP contribution in [0.25, 0.3) is 11.3 Å². The Kier molecular flexibility index (Phi) is 5.62. The van der Waals surface area contributed by atoms with Gasteiger partial charge in [0.15, 0.2) is 0 Å². The van der Waals surface area contributed by atoms with Crippen molar-refractivity contribution in [3.63, 3.8) is 0 Å². The summed E-state index contributed by atoms with van der Waals surface area (Å²) in [5.74, 6) is -1.86. The van der Waals surface area contributed by atoms with E-state index in [1.54, 1.807) is 12.1 Å². The Hall–Kier alpha value is -3.42. The van der Waals surface area contributed by atoms with E-state index in [1.807, 2.05) is 0 Å². The average molecular weight is 442 g/mol. The molecule has 32 heavy (non-hydrogen) atoms. The molecule has 0 fully saturated rings. The lowest BCUT2D eigenvalue weighted by Crippen LogP contribution is -2.22. The van der Waals surface area contributed by atoms with E-state index < -0.39 is 29.2 Å². The zero-order valence-corrected chi connectivity index (χ0v) is 17.4. The monoisotopic (exact) mass is 442 g/mol. The van der Waals surface area contributed by atoms with Gasteiger partial charge in [-0.1, -0.05) is 30.7 Å². The van der Waals surface area contributed by atoms with Crippen LogP contribution in [0.2, 0.25) is 0 Å². The molecule has 1 aliphatic rings. The molecule has 0 bridgehead atoms. The number of alkyl halides is 3. The van der Waals surface area contributed by atoms with Gasteiger partial charge >= 0.3 is 12.1 Å². The molecule has 0 aliphatic heterocycles. The van der Waals surface area contributed by atoms with Gasteiger partial charge in [0, 0.05) is 11.1 Å². The van der Waals surface area contributed by atoms with Crippen LogP contribution in [0.5, 0.6) is 0 Å². The highest BCUT2D eigenvalue weighted by Crippen LogP contribution is 2.36. The fourth-order valence-electron chi connectivity index (χ4n) is 4.24. The van der Waals surface area contributed by atoms with Gasteiger partial charge in [0.2, 0.25) is 0 Å². The van der Waals surface area contributed by atoms with Crippen LogP contribution in [0.1, 0.15) is 62.4 Å². The smallest absolute Gasteiger partial charge is 0.417 e. The fourth-order valence-corrected chi connectivity index (χ4v) is 4.24. The lowest BCUT2D eigenvalue weighted by atomic mass is 10.00. The van der Waals surface area contributed by atoms with Gasteiger partial charge in [-0.25, -0.2) is 4.79 Å². The number of nitrogens with zero attached hydrogens (tertiary/aromatic N) is 2. The van der Waals surface area contributed by atoms with Crippen molar-refractivity contribution in [3.8, 4) is 11.3 Å². The molecule has 1 N–H and O–H groups in total. The predicted molar refractivity (Wildman–Crippen MR) is 112 cm³/mol. The highest BCUT2D eigenvalue weighted by Gasteiger charge is 2.37. The number of carbonyl (C=O) groups excluding carboxylic acids is 1. The Labute approximate surface area is 182 Å². The summed E-state index contributed by atoms with van der Waals surface area (Å²) in [5, 5.41) is 13.6. The minimum absolute atomic E-state index is 0.116. The topological polar surface area (TPSA) is 72.2 Å². The normalized spacial score (nSPS) is 14.0. The number of rotatable bonds is 3. The molecule has 1 aromatic heterocycles. The van der Waals surface area contributed by atoms with Crippen molar-refractivity contribution in [2.75, 3.05) is 0 Å². The zero-order valence-electron chi connectivity index (χ0n) is 17.4. The molecule has 4 rings (SSSR count). The van der Waals surface area contributed by atoms with Crippen LogP contribution in [0.15, 0.2) is 42.5 Å². The molecule has 0 spiro atoms. The first kappa shape index (κ1) is 21.8. The number of benzene rings is 2. The van der Waals surface area contributed by atoms with Gasteiger partial charge in [0.05, 0.1) is 28.1 Å². The summed E-state index contributed by atoms with van der Waals surface area (Å²) in [5.41, 5.74) is 1.56. The Balaban J connectivity index is 1.88. The van der Waals surface area contributed by atoms with E-state index in [0.29, 0.717) is 29.8 Å². The maximum atomic E-state index is 13.7. The summed E-state index contributed by atoms with van der Waals surface area (Å²) in [6, 6.07) is 9.80. The highest BCUT2D eigenvalue weighted by molar-refractivity contribution is 5.99. The molecule has 0 amide bonds. The summed E-state index contributed by atoms with van der Waals surface area (Å²) in [6.45, 7) is 1.48. The lowest BCUT2D eigenvalue weighted by molar-refractivity contribution is -0.138. The third-order valence-corrected chi connectivity index (χ3v) is 5.82. The summed E-state index contributed by atoms with van der Waals surface area (Å²) in [4.78, 5) is 24.6. The molecule has 8 heteroatoms. The summed E-state index contributed by atoms with van der Waals surface area (Å²) >= 11 is 0. The number of fused-ring (bicyclic) bond motifs is 1. The molecular weight excluding hydrogens is 421 g/mol. The number of halogens is 3. The Morgan fingerprint density at radius 2 is 1.69 bits per heavy atom. The molecule has 1 heterocycles. The number of aryl methyl sites for hydroxylation is 1. The Morgan fingerprint density at radius 1 is 1.00 bits per heavy atom. The maximum Gasteiger partial charge on any atom is 0.417 e. The molecule has 0 atom stereocenters. The van der Waals surface area contributed by atoms with Crippen LogP contribution < -0.4 is 0 Å². The minimum Gasteiger partial charge on any atom is -0.478 e. The fraction of sp³-hybridized carbons (Fsp3) is 0.292. The van der Waals surface area contributed by atoms with E-state index in [-0.39, 0.29) is 11.1 Å². The molecular formula is C24H21F3N2O3. The van der Waals surface area contributed by atoms with Gasteiger partial charge in [0.1, 0.15) is 0 Å². The van der Waals surface area contributed by atoms with Crippen molar-refractivity contribution >= 4 is 11.9 Å². The summed E-state index contributed by atoms with van der Waals surface area (Å²) in [6.07, 6.45) is -0.851. The molecule has 1 aliphatic carbocycles. The van der Waals surface area contributed by atoms with Crippen LogP contribution in [-0.4, -0.2) is 26.8 Å². The second-order valence-electron chi connectivity index (χ2n) is 7.93. The van der Waals surface area contributed by atoms with E-state index >= 15 is 0 Å². The number of aromatic carboxylic acids is 1. The number of carboxylic acid groups (broad SMARTS) is 1. The van der Waals surface area contributed by atoms with E-state index in [9.17, 15) is 22.8 Å². The molecule has 166 valence electrons. The van der Waals surface area contributed by atoms with Crippen molar-refractivity contribution in [1.29, 1.82) is 0 Å². The highest BCUT2D eigenvalue weighted by atomic mass is 19.4. The van der Waals surface area contributed by atoms with Crippen molar-refractivity contribution in [2.24, 2.45) is 0 Å². The van der Waals surface area contributed by atoms with Crippen molar-refractivity contribution in [2.45, 2.75) is 45.2 Å². The number of carboxylic acids is 1. The van der Waals surface area contributed by atoms with Crippen LogP contribution in [0.3, 0.4) is 0 Å². The first-order valence-corrected chi connectivity index (χ1v) is 10.3. The number of hydrogen-bond donors (Lipinski definition) is 1. The molecule has 5 nitrogen and oxygen atoms in total. The van der Waals surface area contributed by atoms with Gasteiger partial charge in [-0.05, 0) is 56.4 Å². The van der Waals surface area contributed by atoms with Crippen LogP contribution in [0, 0.1) is 6.92 Å².